The van der Waals surface area contributed by atoms with Gasteiger partial charge in [0.1, 0.15) is 11.0 Å². The second kappa shape index (κ2) is 5.06. The van der Waals surface area contributed by atoms with Crippen molar-refractivity contribution in [2.24, 2.45) is 0 Å². The average molecular weight is 281 g/mol. The van der Waals surface area contributed by atoms with Crippen LogP contribution in [0.25, 0.3) is 0 Å². The zero-order valence-corrected chi connectivity index (χ0v) is 12.2. The first-order valence-corrected chi connectivity index (χ1v) is 8.48. The maximum atomic E-state index is 11.9. The molecule has 1 fully saturated rings. The van der Waals surface area contributed by atoms with Crippen molar-refractivity contribution in [2.75, 3.05) is 24.3 Å². The minimum Gasteiger partial charge on any atom is -0.444 e. The molecule has 1 aliphatic heterocycles. The largest absolute Gasteiger partial charge is 0.444 e. The van der Waals surface area contributed by atoms with Gasteiger partial charge < -0.3 is 4.74 Å². The molecule has 7 heteroatoms. The first-order valence-electron chi connectivity index (χ1n) is 5.37. The minimum atomic E-state index is -3.27. The van der Waals surface area contributed by atoms with Crippen LogP contribution < -0.4 is 0 Å². The summed E-state index contributed by atoms with van der Waals surface area (Å²) in [6.07, 6.45) is 0.606. The van der Waals surface area contributed by atoms with Crippen molar-refractivity contribution in [1.29, 1.82) is 0 Å². The van der Waals surface area contributed by atoms with Crippen LogP contribution in [0.4, 0.5) is 4.79 Å². The molecule has 1 heterocycles. The zero-order valence-electron chi connectivity index (χ0n) is 10.6. The molecule has 0 aromatic rings. The highest BCUT2D eigenvalue weighted by molar-refractivity contribution is 8.00. The van der Waals surface area contributed by atoms with Crippen LogP contribution >= 0.6 is 11.8 Å². The minimum absolute atomic E-state index is 0.414. The van der Waals surface area contributed by atoms with Gasteiger partial charge in [0.25, 0.3) is 0 Å². The highest BCUT2D eigenvalue weighted by atomic mass is 32.2. The molecule has 0 spiro atoms. The molecule has 17 heavy (non-hydrogen) atoms. The molecule has 100 valence electrons. The Balaban J connectivity index is 2.82. The molecule has 1 amide bonds. The Hall–Kier alpha value is -0.430. The summed E-state index contributed by atoms with van der Waals surface area (Å²) in [7, 11) is -3.27. The highest BCUT2D eigenvalue weighted by Crippen LogP contribution is 2.22. The number of thioether (sulfide) groups is 1. The van der Waals surface area contributed by atoms with Crippen LogP contribution in [-0.4, -0.2) is 54.7 Å². The van der Waals surface area contributed by atoms with Crippen LogP contribution in [0.5, 0.6) is 0 Å². The Morgan fingerprint density at radius 1 is 1.41 bits per heavy atom. The molecule has 1 saturated heterocycles. The summed E-state index contributed by atoms with van der Waals surface area (Å²) in [4.78, 5) is 13.2. The number of rotatable bonds is 1. The summed E-state index contributed by atoms with van der Waals surface area (Å²) in [5.41, 5.74) is -0.607. The van der Waals surface area contributed by atoms with E-state index in [1.165, 1.54) is 4.90 Å². The topological polar surface area (TPSA) is 63.7 Å². The third-order valence-electron chi connectivity index (χ3n) is 2.21. The van der Waals surface area contributed by atoms with Crippen LogP contribution in [0.1, 0.15) is 20.8 Å². The molecule has 0 bridgehead atoms. The molecular formula is C10H19NO4S2. The molecule has 0 N–H and O–H groups in total. The van der Waals surface area contributed by atoms with Crippen LogP contribution in [0.2, 0.25) is 0 Å². The Morgan fingerprint density at radius 3 is 2.47 bits per heavy atom. The van der Waals surface area contributed by atoms with E-state index in [4.69, 9.17) is 4.74 Å². The van der Waals surface area contributed by atoms with Gasteiger partial charge in [-0.2, -0.15) is 11.8 Å². The molecule has 0 radical (unpaired) electrons. The molecule has 0 aliphatic carbocycles. The van der Waals surface area contributed by atoms with E-state index in [0.717, 1.165) is 12.0 Å². The summed E-state index contributed by atoms with van der Waals surface area (Å²) in [6, 6.07) is 0. The van der Waals surface area contributed by atoms with Crippen molar-refractivity contribution < 1.29 is 17.9 Å². The van der Waals surface area contributed by atoms with E-state index in [2.05, 4.69) is 0 Å². The second-order valence-electron chi connectivity index (χ2n) is 5.03. The predicted octanol–water partition coefficient (Wildman–Crippen LogP) is 1.34. The number of ether oxygens (including phenoxy) is 1. The molecule has 0 aromatic heterocycles. The molecule has 0 saturated carbocycles. The molecule has 0 aromatic carbocycles. The van der Waals surface area contributed by atoms with Crippen LogP contribution in [0, 0.1) is 0 Å². The maximum absolute atomic E-state index is 11.9. The third kappa shape index (κ3) is 4.39. The van der Waals surface area contributed by atoms with E-state index in [1.807, 2.05) is 0 Å². The fourth-order valence-corrected chi connectivity index (χ4v) is 4.27. The van der Waals surface area contributed by atoms with Crippen molar-refractivity contribution in [1.82, 2.24) is 4.90 Å². The number of carbonyl (C=O) groups is 1. The molecule has 5 nitrogen and oxygen atoms in total. The lowest BCUT2D eigenvalue weighted by Crippen LogP contribution is -2.51. The fraction of sp³-hybridized carbons (Fsp3) is 0.900. The first-order chi connectivity index (χ1) is 7.61. The lowest BCUT2D eigenvalue weighted by atomic mass is 10.2. The number of hydrogen-bond donors (Lipinski definition) is 0. The van der Waals surface area contributed by atoms with Gasteiger partial charge in [0.2, 0.25) is 0 Å². The van der Waals surface area contributed by atoms with E-state index >= 15 is 0 Å². The fourth-order valence-electron chi connectivity index (χ4n) is 1.47. The van der Waals surface area contributed by atoms with E-state index in [1.54, 1.807) is 32.5 Å². The quantitative estimate of drug-likeness (QED) is 0.726. The number of nitrogens with zero attached hydrogens (tertiary/aromatic N) is 1. The van der Waals surface area contributed by atoms with Gasteiger partial charge in [-0.1, -0.05) is 0 Å². The lowest BCUT2D eigenvalue weighted by Gasteiger charge is -2.35. The normalized spacial score (nSPS) is 22.4. The molecule has 1 rings (SSSR count). The Morgan fingerprint density at radius 2 is 2.00 bits per heavy atom. The van der Waals surface area contributed by atoms with Crippen molar-refractivity contribution in [3.8, 4) is 0 Å². The van der Waals surface area contributed by atoms with Gasteiger partial charge in [-0.15, -0.1) is 0 Å². The maximum Gasteiger partial charge on any atom is 0.411 e. The summed E-state index contributed by atoms with van der Waals surface area (Å²) in [5, 5.41) is -0.768. The van der Waals surface area contributed by atoms with Crippen molar-refractivity contribution >= 4 is 27.7 Å². The average Bonchev–Trinajstić information content (AvgIpc) is 2.13. The second-order valence-corrected chi connectivity index (χ2v) is 8.39. The van der Waals surface area contributed by atoms with Gasteiger partial charge in [-0.25, -0.2) is 13.2 Å². The van der Waals surface area contributed by atoms with Crippen molar-refractivity contribution in [2.45, 2.75) is 31.7 Å². The molecule has 1 aliphatic rings. The van der Waals surface area contributed by atoms with Gasteiger partial charge in [0, 0.05) is 24.3 Å². The molecule has 1 unspecified atom stereocenters. The summed E-state index contributed by atoms with van der Waals surface area (Å²) >= 11 is 1.54. The van der Waals surface area contributed by atoms with E-state index in [9.17, 15) is 13.2 Å². The Labute approximate surface area is 107 Å². The van der Waals surface area contributed by atoms with Gasteiger partial charge in [-0.05, 0) is 20.8 Å². The monoisotopic (exact) mass is 281 g/mol. The number of hydrogen-bond acceptors (Lipinski definition) is 5. The van der Waals surface area contributed by atoms with Crippen molar-refractivity contribution in [3.63, 3.8) is 0 Å². The number of sulfone groups is 1. The lowest BCUT2D eigenvalue weighted by molar-refractivity contribution is 0.0242. The van der Waals surface area contributed by atoms with Gasteiger partial charge >= 0.3 is 6.09 Å². The summed E-state index contributed by atoms with van der Waals surface area (Å²) < 4.78 is 28.4. The van der Waals surface area contributed by atoms with Crippen molar-refractivity contribution in [3.05, 3.63) is 0 Å². The Kier molecular flexibility index (Phi) is 4.35. The molecular weight excluding hydrogens is 262 g/mol. The van der Waals surface area contributed by atoms with E-state index < -0.39 is 26.9 Å². The smallest absolute Gasteiger partial charge is 0.411 e. The zero-order chi connectivity index (χ0) is 13.3. The third-order valence-corrected chi connectivity index (χ3v) is 4.85. The van der Waals surface area contributed by atoms with Gasteiger partial charge in [-0.3, -0.25) is 4.90 Å². The van der Waals surface area contributed by atoms with Crippen LogP contribution in [0.3, 0.4) is 0 Å². The standard InChI is InChI=1S/C10H19NO4S2/c1-10(2,3)15-9(12)11-5-6-16-7-8(11)17(4,13)14/h8H,5-7H2,1-4H3. The van der Waals surface area contributed by atoms with Crippen LogP contribution in [0.15, 0.2) is 0 Å². The first kappa shape index (κ1) is 14.6. The summed E-state index contributed by atoms with van der Waals surface area (Å²) in [6.45, 7) is 5.70. The SMILES string of the molecule is CC(C)(C)OC(=O)N1CCSCC1S(C)(=O)=O. The van der Waals surface area contributed by atoms with E-state index in [0.29, 0.717) is 12.3 Å². The number of amides is 1. The van der Waals surface area contributed by atoms with Crippen LogP contribution in [-0.2, 0) is 14.6 Å². The van der Waals surface area contributed by atoms with Gasteiger partial charge in [0.05, 0.1) is 0 Å². The van der Waals surface area contributed by atoms with Gasteiger partial charge in [0.15, 0.2) is 9.84 Å². The Bertz CT molecular complexity index is 386. The predicted molar refractivity (Wildman–Crippen MR) is 68.9 cm³/mol. The number of carbonyl (C=O) groups excluding carboxylic acids is 1. The highest BCUT2D eigenvalue weighted by Gasteiger charge is 2.36. The molecule has 1 atom stereocenters. The van der Waals surface area contributed by atoms with E-state index in [-0.39, 0.29) is 0 Å². The summed E-state index contributed by atoms with van der Waals surface area (Å²) in [5.74, 6) is 1.16.